The Morgan fingerprint density at radius 2 is 2.05 bits per heavy atom. The van der Waals surface area contributed by atoms with Crippen LogP contribution in [0.1, 0.15) is 11.8 Å². The van der Waals surface area contributed by atoms with Crippen LogP contribution in [0, 0.1) is 0 Å². The van der Waals surface area contributed by atoms with Crippen molar-refractivity contribution in [3.63, 3.8) is 0 Å². The van der Waals surface area contributed by atoms with E-state index >= 15 is 0 Å². The summed E-state index contributed by atoms with van der Waals surface area (Å²) in [5.41, 5.74) is 4.84. The van der Waals surface area contributed by atoms with Crippen LogP contribution in [0.3, 0.4) is 0 Å². The van der Waals surface area contributed by atoms with Gasteiger partial charge in [0.15, 0.2) is 6.23 Å². The van der Waals surface area contributed by atoms with Gasteiger partial charge in [0.1, 0.15) is 24.1 Å². The predicted molar refractivity (Wildman–Crippen MR) is 61.8 cm³/mol. The van der Waals surface area contributed by atoms with E-state index in [1.807, 2.05) is 0 Å². The van der Waals surface area contributed by atoms with Crippen molar-refractivity contribution in [1.29, 1.82) is 0 Å². The fourth-order valence-corrected chi connectivity index (χ4v) is 1.94. The Hall–Kier alpha value is -1.52. The molecule has 0 aliphatic carbocycles. The fourth-order valence-electron chi connectivity index (χ4n) is 1.94. The summed E-state index contributed by atoms with van der Waals surface area (Å²) in [4.78, 5) is 15.2. The molecule has 0 unspecified atom stereocenters. The van der Waals surface area contributed by atoms with Crippen molar-refractivity contribution in [2.45, 2.75) is 31.1 Å². The van der Waals surface area contributed by atoms with E-state index < -0.39 is 43.4 Å². The van der Waals surface area contributed by atoms with Crippen molar-refractivity contribution in [3.8, 4) is 0 Å². The van der Waals surface area contributed by atoms with Crippen LogP contribution >= 0.6 is 0 Å². The molecule has 1 aliphatic rings. The maximum atomic E-state index is 11.7. The Morgan fingerprint density at radius 1 is 1.37 bits per heavy atom. The molecule has 1 fully saturated rings. The third-order valence-electron chi connectivity index (χ3n) is 3.02. The number of rotatable bonds is 3. The Labute approximate surface area is 107 Å². The third kappa shape index (κ3) is 2.33. The van der Waals surface area contributed by atoms with E-state index in [0.717, 1.165) is 4.57 Å². The molecule has 1 saturated heterocycles. The molecule has 0 aromatic carbocycles. The minimum atomic E-state index is -1.40. The minimum Gasteiger partial charge on any atom is -0.394 e. The third-order valence-corrected chi connectivity index (χ3v) is 3.02. The number of anilines is 1. The number of nitrogens with zero attached hydrogens (tertiary/aromatic N) is 2. The normalized spacial score (nSPS) is 30.7. The summed E-state index contributed by atoms with van der Waals surface area (Å²) in [5, 5.41) is 37.5. The van der Waals surface area contributed by atoms with Crippen LogP contribution in [0.2, 0.25) is 0 Å². The van der Waals surface area contributed by atoms with E-state index in [9.17, 15) is 15.0 Å². The van der Waals surface area contributed by atoms with Gasteiger partial charge < -0.3 is 30.9 Å². The number of aliphatic hydroxyl groups excluding tert-OH is 4. The van der Waals surface area contributed by atoms with Gasteiger partial charge in [0.25, 0.3) is 0 Å². The van der Waals surface area contributed by atoms with Gasteiger partial charge in [0.2, 0.25) is 0 Å². The number of hydrogen-bond donors (Lipinski definition) is 5. The molecular formula is C10H15N3O6. The molecule has 1 aromatic rings. The van der Waals surface area contributed by atoms with E-state index in [2.05, 4.69) is 4.98 Å². The van der Waals surface area contributed by atoms with Crippen molar-refractivity contribution in [3.05, 3.63) is 22.2 Å². The van der Waals surface area contributed by atoms with Gasteiger partial charge in [-0.2, -0.15) is 4.98 Å². The lowest BCUT2D eigenvalue weighted by Crippen LogP contribution is -2.36. The molecule has 0 amide bonds. The Balaban J connectivity index is 2.40. The number of aliphatic hydroxyl groups is 4. The molecule has 1 aliphatic heterocycles. The Kier molecular flexibility index (Phi) is 3.83. The van der Waals surface area contributed by atoms with Gasteiger partial charge in [-0.25, -0.2) is 4.79 Å². The molecule has 4 atom stereocenters. The monoisotopic (exact) mass is 273 g/mol. The van der Waals surface area contributed by atoms with Gasteiger partial charge in [0, 0.05) is 11.8 Å². The SMILES string of the molecule is Nc1nc(=O)n([C@@H]2O[C@H](CO)[C@@H](O)[C@@H]2O)cc1CO. The van der Waals surface area contributed by atoms with Gasteiger partial charge in [-0.05, 0) is 0 Å². The first-order valence-electron chi connectivity index (χ1n) is 5.60. The maximum absolute atomic E-state index is 11.7. The van der Waals surface area contributed by atoms with Crippen molar-refractivity contribution in [2.24, 2.45) is 0 Å². The molecular weight excluding hydrogens is 258 g/mol. The predicted octanol–water partition coefficient (Wildman–Crippen LogP) is -3.07. The summed E-state index contributed by atoms with van der Waals surface area (Å²) in [6.07, 6.45) is -3.71. The number of ether oxygens (including phenoxy) is 1. The second kappa shape index (κ2) is 5.23. The quantitative estimate of drug-likeness (QED) is 0.389. The highest BCUT2D eigenvalue weighted by Crippen LogP contribution is 2.28. The molecule has 2 heterocycles. The summed E-state index contributed by atoms with van der Waals surface area (Å²) in [6, 6.07) is 0. The highest BCUT2D eigenvalue weighted by Gasteiger charge is 2.43. The summed E-state index contributed by atoms with van der Waals surface area (Å²) >= 11 is 0. The molecule has 0 saturated carbocycles. The molecule has 9 nitrogen and oxygen atoms in total. The van der Waals surface area contributed by atoms with E-state index in [1.165, 1.54) is 6.20 Å². The molecule has 0 spiro atoms. The average Bonchev–Trinajstić information content (AvgIpc) is 2.67. The lowest BCUT2D eigenvalue weighted by Gasteiger charge is -2.18. The molecule has 9 heteroatoms. The van der Waals surface area contributed by atoms with Crippen LogP contribution < -0.4 is 11.4 Å². The van der Waals surface area contributed by atoms with Crippen molar-refractivity contribution >= 4 is 5.82 Å². The minimum absolute atomic E-state index is 0.115. The number of hydrogen-bond acceptors (Lipinski definition) is 8. The van der Waals surface area contributed by atoms with Gasteiger partial charge in [-0.1, -0.05) is 0 Å². The smallest absolute Gasteiger partial charge is 0.351 e. The highest BCUT2D eigenvalue weighted by molar-refractivity contribution is 5.36. The second-order valence-electron chi connectivity index (χ2n) is 4.23. The zero-order valence-electron chi connectivity index (χ0n) is 9.88. The van der Waals surface area contributed by atoms with E-state index in [0.29, 0.717) is 0 Å². The number of nitrogen functional groups attached to an aromatic ring is 1. The van der Waals surface area contributed by atoms with Crippen molar-refractivity contribution in [1.82, 2.24) is 9.55 Å². The lowest BCUT2D eigenvalue weighted by atomic mass is 10.1. The first kappa shape index (κ1) is 13.9. The molecule has 0 radical (unpaired) electrons. The van der Waals surface area contributed by atoms with Crippen molar-refractivity contribution < 1.29 is 25.2 Å². The molecule has 0 bridgehead atoms. The summed E-state index contributed by atoms with van der Waals surface area (Å²) in [7, 11) is 0. The number of aromatic nitrogens is 2. The van der Waals surface area contributed by atoms with E-state index in [1.54, 1.807) is 0 Å². The van der Waals surface area contributed by atoms with Crippen LogP contribution in [0.15, 0.2) is 11.0 Å². The standard InChI is InChI=1S/C10H15N3O6/c11-8-4(2-14)1-13(10(18)12-8)9-7(17)6(16)5(3-15)19-9/h1,5-7,9,14-17H,2-3H2,(H2,11,12,18)/t5-,6-,7+,9-/m1/s1. The summed E-state index contributed by atoms with van der Waals surface area (Å²) < 4.78 is 6.11. The molecule has 1 aromatic heterocycles. The Bertz CT molecular complexity index is 518. The van der Waals surface area contributed by atoms with Gasteiger partial charge in [-0.15, -0.1) is 0 Å². The second-order valence-corrected chi connectivity index (χ2v) is 4.23. The van der Waals surface area contributed by atoms with Gasteiger partial charge in [0.05, 0.1) is 13.2 Å². The highest BCUT2D eigenvalue weighted by atomic mass is 16.6. The largest absolute Gasteiger partial charge is 0.394 e. The lowest BCUT2D eigenvalue weighted by molar-refractivity contribution is -0.0551. The maximum Gasteiger partial charge on any atom is 0.351 e. The van der Waals surface area contributed by atoms with Crippen LogP contribution in [0.4, 0.5) is 5.82 Å². The van der Waals surface area contributed by atoms with Crippen LogP contribution in [0.25, 0.3) is 0 Å². The van der Waals surface area contributed by atoms with Gasteiger partial charge in [-0.3, -0.25) is 4.57 Å². The molecule has 19 heavy (non-hydrogen) atoms. The zero-order chi connectivity index (χ0) is 14.2. The van der Waals surface area contributed by atoms with Crippen LogP contribution in [-0.2, 0) is 11.3 Å². The molecule has 6 N–H and O–H groups in total. The topological polar surface area (TPSA) is 151 Å². The molecule has 106 valence electrons. The molecule has 2 rings (SSSR count). The average molecular weight is 273 g/mol. The van der Waals surface area contributed by atoms with Crippen molar-refractivity contribution in [2.75, 3.05) is 12.3 Å². The van der Waals surface area contributed by atoms with Gasteiger partial charge >= 0.3 is 5.69 Å². The summed E-state index contributed by atoms with van der Waals surface area (Å²) in [5.74, 6) is -0.115. The van der Waals surface area contributed by atoms with Crippen LogP contribution in [-0.4, -0.2) is 54.9 Å². The van der Waals surface area contributed by atoms with E-state index in [-0.39, 0.29) is 11.4 Å². The fraction of sp³-hybridized carbons (Fsp3) is 0.600. The summed E-state index contributed by atoms with van der Waals surface area (Å²) in [6.45, 7) is -0.938. The zero-order valence-corrected chi connectivity index (χ0v) is 9.88. The Morgan fingerprint density at radius 3 is 2.58 bits per heavy atom. The first-order valence-corrected chi connectivity index (χ1v) is 5.60. The van der Waals surface area contributed by atoms with Crippen LogP contribution in [0.5, 0.6) is 0 Å². The number of nitrogens with two attached hydrogens (primary N) is 1. The van der Waals surface area contributed by atoms with E-state index in [4.69, 9.17) is 20.7 Å². The first-order chi connectivity index (χ1) is 8.99.